The molecule has 2 atom stereocenters. The molecular weight excluding hydrogens is 296 g/mol. The first kappa shape index (κ1) is 15.1. The summed E-state index contributed by atoms with van der Waals surface area (Å²) < 4.78 is 6.28. The second kappa shape index (κ2) is 6.23. The minimum Gasteiger partial charge on any atom is -0.393 e. The van der Waals surface area contributed by atoms with Crippen molar-refractivity contribution in [2.24, 2.45) is 0 Å². The predicted octanol–water partition coefficient (Wildman–Crippen LogP) is 4.40. The first-order valence-corrected chi connectivity index (χ1v) is 8.29. The van der Waals surface area contributed by atoms with Crippen LogP contribution in [-0.2, 0) is 11.2 Å². The van der Waals surface area contributed by atoms with E-state index in [0.29, 0.717) is 0 Å². The smallest absolute Gasteiger partial charge is 0.110 e. The van der Waals surface area contributed by atoms with Crippen LogP contribution in [0.2, 0.25) is 0 Å². The number of aliphatic hydroxyl groups excluding tert-OH is 1. The van der Waals surface area contributed by atoms with E-state index in [1.165, 1.54) is 33.0 Å². The van der Waals surface area contributed by atoms with Gasteiger partial charge in [-0.3, -0.25) is 0 Å². The standard InChI is InChI=1S/C22H20O2/c1-2-18(14-23)24-22-20-10-6-4-8-16(20)13-17-12-11-15-7-3-5-9-19(15)21(17)22/h2-12,18,22-23H,1,13-14H2. The van der Waals surface area contributed by atoms with Crippen molar-refractivity contribution in [2.75, 3.05) is 6.61 Å². The zero-order valence-corrected chi connectivity index (χ0v) is 13.5. The number of hydrogen-bond acceptors (Lipinski definition) is 2. The van der Waals surface area contributed by atoms with Crippen molar-refractivity contribution in [1.29, 1.82) is 0 Å². The third kappa shape index (κ3) is 2.44. The van der Waals surface area contributed by atoms with Crippen molar-refractivity contribution in [3.8, 4) is 0 Å². The van der Waals surface area contributed by atoms with Crippen molar-refractivity contribution in [3.05, 3.63) is 95.6 Å². The molecular formula is C22H20O2. The molecule has 2 heteroatoms. The molecule has 2 nitrogen and oxygen atoms in total. The van der Waals surface area contributed by atoms with Crippen LogP contribution in [0.25, 0.3) is 10.8 Å². The molecule has 3 aromatic carbocycles. The average molecular weight is 316 g/mol. The number of rotatable bonds is 4. The Bertz CT molecular complexity index is 897. The highest BCUT2D eigenvalue weighted by molar-refractivity contribution is 5.88. The van der Waals surface area contributed by atoms with Gasteiger partial charge in [-0.2, -0.15) is 0 Å². The molecule has 0 bridgehead atoms. The maximum atomic E-state index is 9.57. The molecule has 0 heterocycles. The molecule has 0 spiro atoms. The molecule has 0 aromatic heterocycles. The van der Waals surface area contributed by atoms with Crippen LogP contribution in [0.1, 0.15) is 28.4 Å². The van der Waals surface area contributed by atoms with Crippen molar-refractivity contribution in [3.63, 3.8) is 0 Å². The topological polar surface area (TPSA) is 29.5 Å². The van der Waals surface area contributed by atoms with E-state index in [9.17, 15) is 5.11 Å². The number of hydrogen-bond donors (Lipinski definition) is 1. The summed E-state index contributed by atoms with van der Waals surface area (Å²) in [7, 11) is 0. The summed E-state index contributed by atoms with van der Waals surface area (Å²) in [4.78, 5) is 0. The van der Waals surface area contributed by atoms with E-state index >= 15 is 0 Å². The minimum absolute atomic E-state index is 0.0672. The summed E-state index contributed by atoms with van der Waals surface area (Å²) in [6.07, 6.45) is 2.01. The highest BCUT2D eigenvalue weighted by atomic mass is 16.5. The Morgan fingerprint density at radius 2 is 1.83 bits per heavy atom. The van der Waals surface area contributed by atoms with E-state index in [4.69, 9.17) is 4.74 Å². The summed E-state index contributed by atoms with van der Waals surface area (Å²) >= 11 is 0. The van der Waals surface area contributed by atoms with Gasteiger partial charge in [0.05, 0.1) is 12.7 Å². The van der Waals surface area contributed by atoms with Crippen molar-refractivity contribution in [1.82, 2.24) is 0 Å². The van der Waals surface area contributed by atoms with Crippen LogP contribution in [-0.4, -0.2) is 17.8 Å². The van der Waals surface area contributed by atoms with Crippen LogP contribution in [0.4, 0.5) is 0 Å². The number of benzene rings is 3. The predicted molar refractivity (Wildman–Crippen MR) is 97.2 cm³/mol. The molecule has 2 unspecified atom stereocenters. The van der Waals surface area contributed by atoms with Gasteiger partial charge in [-0.1, -0.05) is 66.7 Å². The largest absolute Gasteiger partial charge is 0.393 e. The third-order valence-electron chi connectivity index (χ3n) is 4.80. The molecule has 0 saturated carbocycles. The van der Waals surface area contributed by atoms with Crippen molar-refractivity contribution < 1.29 is 9.84 Å². The summed E-state index contributed by atoms with van der Waals surface area (Å²) in [6.45, 7) is 3.72. The lowest BCUT2D eigenvalue weighted by Crippen LogP contribution is -2.23. The van der Waals surface area contributed by atoms with Crippen molar-refractivity contribution >= 4 is 10.8 Å². The molecule has 1 aliphatic carbocycles. The van der Waals surface area contributed by atoms with E-state index in [1.807, 2.05) is 6.07 Å². The van der Waals surface area contributed by atoms with E-state index in [2.05, 4.69) is 61.2 Å². The first-order valence-electron chi connectivity index (χ1n) is 8.29. The van der Waals surface area contributed by atoms with Gasteiger partial charge in [0.1, 0.15) is 6.10 Å². The van der Waals surface area contributed by atoms with Crippen LogP contribution in [0, 0.1) is 0 Å². The Labute approximate surface area is 142 Å². The van der Waals surface area contributed by atoms with Crippen molar-refractivity contribution in [2.45, 2.75) is 18.6 Å². The molecule has 1 N–H and O–H groups in total. The highest BCUT2D eigenvalue weighted by Gasteiger charge is 2.29. The van der Waals surface area contributed by atoms with E-state index < -0.39 is 0 Å². The first-order chi connectivity index (χ1) is 11.8. The van der Waals surface area contributed by atoms with E-state index in [1.54, 1.807) is 6.08 Å². The fourth-order valence-electron chi connectivity index (χ4n) is 3.61. The van der Waals surface area contributed by atoms with Crippen LogP contribution < -0.4 is 0 Å². The lowest BCUT2D eigenvalue weighted by molar-refractivity contribution is 0.00348. The monoisotopic (exact) mass is 316 g/mol. The molecule has 0 fully saturated rings. The lowest BCUT2D eigenvalue weighted by atomic mass is 9.81. The third-order valence-corrected chi connectivity index (χ3v) is 4.80. The SMILES string of the molecule is C=CC(CO)OC1c2ccccc2Cc2ccc3ccccc3c21. The molecule has 24 heavy (non-hydrogen) atoms. The summed E-state index contributed by atoms with van der Waals surface area (Å²) in [5.74, 6) is 0. The number of ether oxygens (including phenoxy) is 1. The van der Waals surface area contributed by atoms with Crippen LogP contribution in [0.3, 0.4) is 0 Å². The second-order valence-electron chi connectivity index (χ2n) is 6.21. The number of fused-ring (bicyclic) bond motifs is 4. The highest BCUT2D eigenvalue weighted by Crippen LogP contribution is 2.41. The second-order valence-corrected chi connectivity index (χ2v) is 6.21. The lowest BCUT2D eigenvalue weighted by Gasteiger charge is -2.31. The van der Waals surface area contributed by atoms with Crippen LogP contribution >= 0.6 is 0 Å². The molecule has 4 rings (SSSR count). The fraction of sp³-hybridized carbons (Fsp3) is 0.182. The minimum atomic E-state index is -0.382. The molecule has 0 saturated heterocycles. The fourth-order valence-corrected chi connectivity index (χ4v) is 3.61. The normalized spacial score (nSPS) is 17.1. The van der Waals surface area contributed by atoms with Gasteiger partial charge in [-0.25, -0.2) is 0 Å². The molecule has 3 aromatic rings. The summed E-state index contributed by atoms with van der Waals surface area (Å²) in [5, 5.41) is 12.0. The number of aliphatic hydroxyl groups is 1. The molecule has 0 amide bonds. The zero-order valence-electron chi connectivity index (χ0n) is 13.5. The Kier molecular flexibility index (Phi) is 3.93. The van der Waals surface area contributed by atoms with Gasteiger partial charge in [0.2, 0.25) is 0 Å². The average Bonchev–Trinajstić information content (AvgIpc) is 2.65. The van der Waals surface area contributed by atoms with Gasteiger partial charge < -0.3 is 9.84 Å². The van der Waals surface area contributed by atoms with Crippen LogP contribution in [0.5, 0.6) is 0 Å². The maximum Gasteiger partial charge on any atom is 0.110 e. The zero-order chi connectivity index (χ0) is 16.5. The van der Waals surface area contributed by atoms with Crippen LogP contribution in [0.15, 0.2) is 73.3 Å². The Morgan fingerprint density at radius 1 is 1.04 bits per heavy atom. The van der Waals surface area contributed by atoms with E-state index in [-0.39, 0.29) is 18.8 Å². The van der Waals surface area contributed by atoms with Gasteiger partial charge in [0.25, 0.3) is 0 Å². The summed E-state index contributed by atoms with van der Waals surface area (Å²) in [6, 6.07) is 21.2. The quantitative estimate of drug-likeness (QED) is 0.723. The van der Waals surface area contributed by atoms with E-state index in [0.717, 1.165) is 6.42 Å². The molecule has 120 valence electrons. The maximum absolute atomic E-state index is 9.57. The summed E-state index contributed by atoms with van der Waals surface area (Å²) in [5.41, 5.74) is 4.97. The Balaban J connectivity index is 1.94. The Hall–Kier alpha value is -2.42. The molecule has 0 aliphatic heterocycles. The van der Waals surface area contributed by atoms with Gasteiger partial charge in [-0.15, -0.1) is 6.58 Å². The van der Waals surface area contributed by atoms with Gasteiger partial charge in [0.15, 0.2) is 0 Å². The Morgan fingerprint density at radius 3 is 2.67 bits per heavy atom. The van der Waals surface area contributed by atoms with Gasteiger partial charge in [0, 0.05) is 0 Å². The van der Waals surface area contributed by atoms with Gasteiger partial charge in [-0.05, 0) is 39.4 Å². The molecule has 0 radical (unpaired) electrons. The van der Waals surface area contributed by atoms with Gasteiger partial charge >= 0.3 is 0 Å². The molecule has 1 aliphatic rings.